The summed E-state index contributed by atoms with van der Waals surface area (Å²) in [5, 5.41) is 23.4. The number of carbonyl (C=O) groups excluding carboxylic acids is 2. The maximum absolute atomic E-state index is 17.3. The molecule has 8 atom stereocenters. The van der Waals surface area contributed by atoms with Gasteiger partial charge in [-0.3, -0.25) is 4.79 Å². The molecule has 4 aliphatic rings. The maximum atomic E-state index is 17.3. The van der Waals surface area contributed by atoms with Gasteiger partial charge in [0.05, 0.1) is 25.9 Å². The summed E-state index contributed by atoms with van der Waals surface area (Å²) in [4.78, 5) is 25.5. The Morgan fingerprint density at radius 2 is 1.82 bits per heavy atom. The molecule has 9 heteroatoms. The molecule has 0 aromatic rings. The van der Waals surface area contributed by atoms with E-state index in [9.17, 15) is 19.8 Å². The van der Waals surface area contributed by atoms with Crippen molar-refractivity contribution in [3.63, 3.8) is 0 Å². The van der Waals surface area contributed by atoms with Crippen molar-refractivity contribution in [2.45, 2.75) is 70.8 Å². The molecule has 0 aromatic heterocycles. The van der Waals surface area contributed by atoms with Crippen molar-refractivity contribution < 1.29 is 43.1 Å². The second-order valence-electron chi connectivity index (χ2n) is 12.0. The fraction of sp³-hybridized carbons (Fsp3) is 0.733. The minimum Gasteiger partial charge on any atom is -0.432 e. The average molecular weight is 551 g/mol. The van der Waals surface area contributed by atoms with Crippen LogP contribution in [0.2, 0.25) is 0 Å². The van der Waals surface area contributed by atoms with E-state index in [1.807, 2.05) is 26.0 Å². The molecule has 4 aliphatic carbocycles. The van der Waals surface area contributed by atoms with Crippen molar-refractivity contribution >= 4 is 11.9 Å². The smallest absolute Gasteiger partial charge is 0.432 e. The molecular formula is C30H43FO8. The SMILES string of the molecule is C=C1C=C[C@@]2(C)C(=C1)CC[C@H]1[C@@H]3C[C@@H](C)[C@](O)(C(=O)COC(=O)OCCOCCOCC)[C@@]3(C)C[C@H](O)[C@@]12F. The maximum Gasteiger partial charge on any atom is 0.508 e. The van der Waals surface area contributed by atoms with Crippen molar-refractivity contribution in [3.05, 3.63) is 36.0 Å². The Morgan fingerprint density at radius 3 is 2.54 bits per heavy atom. The Labute approximate surface area is 230 Å². The van der Waals surface area contributed by atoms with Gasteiger partial charge in [-0.25, -0.2) is 9.18 Å². The third-order valence-electron chi connectivity index (χ3n) is 10.1. The van der Waals surface area contributed by atoms with Crippen LogP contribution >= 0.6 is 0 Å². The van der Waals surface area contributed by atoms with Crippen molar-refractivity contribution in [1.82, 2.24) is 0 Å². The number of carbonyl (C=O) groups is 2. The quantitative estimate of drug-likeness (QED) is 0.309. The van der Waals surface area contributed by atoms with E-state index in [-0.39, 0.29) is 25.6 Å². The molecule has 39 heavy (non-hydrogen) atoms. The van der Waals surface area contributed by atoms with E-state index < -0.39 is 58.6 Å². The van der Waals surface area contributed by atoms with E-state index in [1.165, 1.54) is 0 Å². The topological polar surface area (TPSA) is 112 Å². The van der Waals surface area contributed by atoms with Crippen LogP contribution in [-0.2, 0) is 23.7 Å². The summed E-state index contributed by atoms with van der Waals surface area (Å²) in [6, 6.07) is 0. The molecular weight excluding hydrogens is 507 g/mol. The van der Waals surface area contributed by atoms with E-state index in [0.29, 0.717) is 39.1 Å². The highest BCUT2D eigenvalue weighted by Crippen LogP contribution is 2.70. The molecule has 4 rings (SSSR count). The number of halogens is 1. The van der Waals surface area contributed by atoms with Gasteiger partial charge in [-0.15, -0.1) is 0 Å². The zero-order valence-electron chi connectivity index (χ0n) is 23.5. The van der Waals surface area contributed by atoms with Crippen LogP contribution in [0, 0.1) is 28.6 Å². The molecule has 8 nitrogen and oxygen atoms in total. The first-order valence-corrected chi connectivity index (χ1v) is 14.0. The van der Waals surface area contributed by atoms with Gasteiger partial charge in [0, 0.05) is 23.4 Å². The summed E-state index contributed by atoms with van der Waals surface area (Å²) in [5.41, 5.74) is -4.20. The summed E-state index contributed by atoms with van der Waals surface area (Å²) in [6.07, 6.45) is 4.60. The molecule has 0 bridgehead atoms. The van der Waals surface area contributed by atoms with Crippen LogP contribution in [0.1, 0.15) is 53.4 Å². The third-order valence-corrected chi connectivity index (χ3v) is 10.1. The number of aliphatic hydroxyl groups is 2. The van der Waals surface area contributed by atoms with Gasteiger partial charge in [0.25, 0.3) is 0 Å². The summed E-state index contributed by atoms with van der Waals surface area (Å²) in [5.74, 6) is -2.07. The number of hydrogen-bond acceptors (Lipinski definition) is 8. The van der Waals surface area contributed by atoms with Gasteiger partial charge in [-0.2, -0.15) is 0 Å². The molecule has 0 aliphatic heterocycles. The van der Waals surface area contributed by atoms with Gasteiger partial charge in [0.2, 0.25) is 5.78 Å². The van der Waals surface area contributed by atoms with Crippen molar-refractivity contribution in [2.24, 2.45) is 28.6 Å². The number of aliphatic hydroxyl groups excluding tert-OH is 1. The first-order chi connectivity index (χ1) is 18.4. The predicted molar refractivity (Wildman–Crippen MR) is 142 cm³/mol. The number of Topliss-reactive ketones (excluding diaryl/α,β-unsaturated/α-hetero) is 1. The molecule has 2 N–H and O–H groups in total. The lowest BCUT2D eigenvalue weighted by atomic mass is 9.44. The Hall–Kier alpha value is -2.07. The number of fused-ring (bicyclic) bond motifs is 5. The van der Waals surface area contributed by atoms with Crippen LogP contribution in [0.3, 0.4) is 0 Å². The molecule has 0 heterocycles. The Kier molecular flexibility index (Phi) is 8.49. The molecule has 0 amide bonds. The average Bonchev–Trinajstić information content (AvgIpc) is 3.09. The summed E-state index contributed by atoms with van der Waals surface area (Å²) < 4.78 is 37.7. The molecule has 3 saturated carbocycles. The van der Waals surface area contributed by atoms with Gasteiger partial charge < -0.3 is 29.2 Å². The number of ketones is 1. The van der Waals surface area contributed by atoms with Crippen LogP contribution in [-0.4, -0.2) is 79.2 Å². The van der Waals surface area contributed by atoms with Gasteiger partial charge in [-0.05, 0) is 56.9 Å². The lowest BCUT2D eigenvalue weighted by Crippen LogP contribution is -2.69. The summed E-state index contributed by atoms with van der Waals surface area (Å²) in [7, 11) is 0. The van der Waals surface area contributed by atoms with Crippen LogP contribution in [0.25, 0.3) is 0 Å². The fourth-order valence-electron chi connectivity index (χ4n) is 8.04. The van der Waals surface area contributed by atoms with E-state index >= 15 is 4.39 Å². The summed E-state index contributed by atoms with van der Waals surface area (Å²) >= 11 is 0. The predicted octanol–water partition coefficient (Wildman–Crippen LogP) is 4.10. The number of alkyl halides is 1. The Balaban J connectivity index is 1.44. The lowest BCUT2D eigenvalue weighted by molar-refractivity contribution is -0.219. The van der Waals surface area contributed by atoms with Crippen LogP contribution in [0.5, 0.6) is 0 Å². The molecule has 0 unspecified atom stereocenters. The number of rotatable bonds is 10. The number of allylic oxidation sites excluding steroid dienone is 5. The lowest BCUT2D eigenvalue weighted by Gasteiger charge is -2.62. The van der Waals surface area contributed by atoms with Crippen LogP contribution in [0.15, 0.2) is 36.0 Å². The van der Waals surface area contributed by atoms with Crippen molar-refractivity contribution in [3.8, 4) is 0 Å². The highest BCUT2D eigenvalue weighted by atomic mass is 19.1. The number of ether oxygens (including phenoxy) is 4. The Bertz CT molecular complexity index is 1040. The molecule has 3 fully saturated rings. The first kappa shape index (κ1) is 29.9. The second-order valence-corrected chi connectivity index (χ2v) is 12.0. The van der Waals surface area contributed by atoms with E-state index in [2.05, 4.69) is 6.58 Å². The molecule has 0 radical (unpaired) electrons. The normalized spacial score (nSPS) is 40.8. The molecule has 218 valence electrons. The molecule has 0 spiro atoms. The zero-order chi connectivity index (χ0) is 28.6. The standard InChI is InChI=1S/C30H43FO8/c1-6-36-11-12-37-13-14-38-26(34)39-18-25(33)30(35)20(3)16-23-22-8-7-21-15-19(2)9-10-27(21,4)29(22,31)24(32)17-28(23,30)5/h9-10,15,20,22-24,32,35H,2,6-8,11-14,16-18H2,1,3-5H3/t20-,22+,23+,24+,27+,28+,29+,30+/m1/s1. The van der Waals surface area contributed by atoms with Crippen LogP contribution < -0.4 is 0 Å². The van der Waals surface area contributed by atoms with Crippen molar-refractivity contribution in [1.29, 1.82) is 0 Å². The minimum absolute atomic E-state index is 0.0525. The number of hydrogen-bond donors (Lipinski definition) is 2. The van der Waals surface area contributed by atoms with E-state index in [4.69, 9.17) is 18.9 Å². The largest absolute Gasteiger partial charge is 0.508 e. The molecule has 0 aromatic carbocycles. The van der Waals surface area contributed by atoms with E-state index in [0.717, 1.165) is 11.1 Å². The van der Waals surface area contributed by atoms with Gasteiger partial charge in [0.1, 0.15) is 12.2 Å². The third kappa shape index (κ3) is 4.69. The minimum atomic E-state index is -1.95. The Morgan fingerprint density at radius 1 is 1.13 bits per heavy atom. The molecule has 0 saturated heterocycles. The highest BCUT2D eigenvalue weighted by molar-refractivity contribution is 5.91. The van der Waals surface area contributed by atoms with Gasteiger partial charge >= 0.3 is 6.16 Å². The van der Waals surface area contributed by atoms with Crippen molar-refractivity contribution in [2.75, 3.05) is 39.6 Å². The second kappa shape index (κ2) is 11.1. The van der Waals surface area contributed by atoms with Gasteiger partial charge in [0.15, 0.2) is 12.3 Å². The van der Waals surface area contributed by atoms with Gasteiger partial charge in [-0.1, -0.05) is 44.2 Å². The monoisotopic (exact) mass is 550 g/mol. The van der Waals surface area contributed by atoms with E-state index in [1.54, 1.807) is 19.9 Å². The van der Waals surface area contributed by atoms with Crippen LogP contribution in [0.4, 0.5) is 9.18 Å². The highest BCUT2D eigenvalue weighted by Gasteiger charge is 2.75. The zero-order valence-corrected chi connectivity index (χ0v) is 23.5. The fourth-order valence-corrected chi connectivity index (χ4v) is 8.04. The first-order valence-electron chi connectivity index (χ1n) is 14.0. The summed E-state index contributed by atoms with van der Waals surface area (Å²) in [6.45, 7) is 12.1.